The highest BCUT2D eigenvalue weighted by atomic mass is 16.5. The number of aryl methyl sites for hydroxylation is 1. The molecule has 0 saturated carbocycles. The summed E-state index contributed by atoms with van der Waals surface area (Å²) >= 11 is 0. The molecule has 0 aliphatic heterocycles. The Balaban J connectivity index is 1.63. The van der Waals surface area contributed by atoms with Crippen LogP contribution in [0.4, 0.5) is 0 Å². The molecule has 148 valence electrons. The summed E-state index contributed by atoms with van der Waals surface area (Å²) in [6.07, 6.45) is 0. The van der Waals surface area contributed by atoms with Crippen molar-refractivity contribution in [1.29, 1.82) is 0 Å². The first kappa shape index (κ1) is 19.7. The summed E-state index contributed by atoms with van der Waals surface area (Å²) in [4.78, 5) is 17.1. The van der Waals surface area contributed by atoms with Crippen molar-refractivity contribution in [3.05, 3.63) is 53.9 Å². The topological polar surface area (TPSA) is 65.4 Å². The molecule has 0 atom stereocenters. The van der Waals surface area contributed by atoms with Gasteiger partial charge in [0.2, 0.25) is 0 Å². The first-order chi connectivity index (χ1) is 13.5. The Kier molecular flexibility index (Phi) is 6.19. The minimum absolute atomic E-state index is 0.143. The predicted octanol–water partition coefficient (Wildman–Crippen LogP) is 3.82. The largest absolute Gasteiger partial charge is 0.493 e. The van der Waals surface area contributed by atoms with Gasteiger partial charge in [-0.1, -0.05) is 26.0 Å². The average Bonchev–Trinajstić information content (AvgIpc) is 3.01. The molecule has 0 spiro atoms. The first-order valence-electron chi connectivity index (χ1n) is 9.50. The van der Waals surface area contributed by atoms with Crippen molar-refractivity contribution in [1.82, 2.24) is 14.9 Å². The van der Waals surface area contributed by atoms with E-state index in [2.05, 4.69) is 28.7 Å². The predicted molar refractivity (Wildman–Crippen MR) is 110 cm³/mol. The smallest absolute Gasteiger partial charge is 0.251 e. The van der Waals surface area contributed by atoms with Crippen LogP contribution in [0.15, 0.2) is 42.5 Å². The summed E-state index contributed by atoms with van der Waals surface area (Å²) in [5.41, 5.74) is 2.58. The van der Waals surface area contributed by atoms with Crippen LogP contribution in [0.25, 0.3) is 11.0 Å². The summed E-state index contributed by atoms with van der Waals surface area (Å²) in [5, 5.41) is 2.97. The normalized spacial score (nSPS) is 11.0. The van der Waals surface area contributed by atoms with Gasteiger partial charge in [0.05, 0.1) is 24.8 Å². The zero-order chi connectivity index (χ0) is 20.1. The lowest BCUT2D eigenvalue weighted by Gasteiger charge is -2.14. The van der Waals surface area contributed by atoms with E-state index in [1.165, 1.54) is 0 Å². The highest BCUT2D eigenvalue weighted by Crippen LogP contribution is 2.28. The van der Waals surface area contributed by atoms with E-state index in [0.29, 0.717) is 42.7 Å². The van der Waals surface area contributed by atoms with E-state index in [-0.39, 0.29) is 5.91 Å². The molecular formula is C22H27N3O3. The van der Waals surface area contributed by atoms with E-state index in [9.17, 15) is 4.79 Å². The lowest BCUT2D eigenvalue weighted by Crippen LogP contribution is -2.27. The van der Waals surface area contributed by atoms with Crippen LogP contribution < -0.4 is 14.8 Å². The fourth-order valence-corrected chi connectivity index (χ4v) is 3.05. The van der Waals surface area contributed by atoms with Gasteiger partial charge >= 0.3 is 0 Å². The van der Waals surface area contributed by atoms with Crippen LogP contribution in [0.1, 0.15) is 30.0 Å². The highest BCUT2D eigenvalue weighted by Gasteiger charge is 2.12. The van der Waals surface area contributed by atoms with Gasteiger partial charge in [-0.15, -0.1) is 0 Å². The quantitative estimate of drug-likeness (QED) is 0.644. The van der Waals surface area contributed by atoms with E-state index in [4.69, 9.17) is 9.47 Å². The third-order valence-corrected chi connectivity index (χ3v) is 4.46. The van der Waals surface area contributed by atoms with E-state index >= 15 is 0 Å². The number of amides is 1. The summed E-state index contributed by atoms with van der Waals surface area (Å²) in [6, 6.07) is 13.2. The number of ether oxygens (including phenoxy) is 2. The number of aromatic nitrogens is 2. The minimum atomic E-state index is -0.143. The fourth-order valence-electron chi connectivity index (χ4n) is 3.05. The molecular weight excluding hydrogens is 354 g/mol. The third kappa shape index (κ3) is 4.44. The molecule has 6 heteroatoms. The number of methoxy groups -OCH3 is 1. The number of nitrogens with one attached hydrogen (secondary N) is 1. The molecule has 2 aromatic carbocycles. The van der Waals surface area contributed by atoms with Gasteiger partial charge in [0.1, 0.15) is 5.82 Å². The number of para-hydroxylation sites is 2. The van der Waals surface area contributed by atoms with Crippen LogP contribution in [0.3, 0.4) is 0 Å². The van der Waals surface area contributed by atoms with Crippen LogP contribution in [-0.2, 0) is 6.54 Å². The van der Waals surface area contributed by atoms with Crippen LogP contribution in [0, 0.1) is 12.8 Å². The second kappa shape index (κ2) is 8.78. The molecule has 6 nitrogen and oxygen atoms in total. The molecule has 0 aliphatic rings. The molecule has 1 heterocycles. The van der Waals surface area contributed by atoms with Crippen LogP contribution >= 0.6 is 0 Å². The number of rotatable bonds is 8. The van der Waals surface area contributed by atoms with E-state index in [0.717, 1.165) is 16.9 Å². The second-order valence-corrected chi connectivity index (χ2v) is 7.13. The molecule has 0 fully saturated rings. The Morgan fingerprint density at radius 3 is 2.71 bits per heavy atom. The fraction of sp³-hybridized carbons (Fsp3) is 0.364. The van der Waals surface area contributed by atoms with E-state index in [1.807, 2.05) is 31.2 Å². The standard InChI is InChI=1S/C22H27N3O3/c1-15(2)14-28-20-10-9-17(13-21(20)27-4)22(26)23-11-12-25-16(3)24-18-7-5-6-8-19(18)25/h5-10,13,15H,11-12,14H2,1-4H3,(H,23,26). The molecule has 3 aromatic rings. The maximum Gasteiger partial charge on any atom is 0.251 e. The zero-order valence-corrected chi connectivity index (χ0v) is 16.9. The van der Waals surface area contributed by atoms with Crippen molar-refractivity contribution in [2.45, 2.75) is 27.3 Å². The molecule has 0 radical (unpaired) electrons. The molecule has 1 amide bonds. The van der Waals surface area contributed by atoms with Gasteiger partial charge in [-0.3, -0.25) is 4.79 Å². The zero-order valence-electron chi connectivity index (χ0n) is 16.9. The summed E-state index contributed by atoms with van der Waals surface area (Å²) < 4.78 is 13.2. The molecule has 1 N–H and O–H groups in total. The number of carbonyl (C=O) groups is 1. The highest BCUT2D eigenvalue weighted by molar-refractivity contribution is 5.94. The van der Waals surface area contributed by atoms with Crippen molar-refractivity contribution >= 4 is 16.9 Å². The number of fused-ring (bicyclic) bond motifs is 1. The Morgan fingerprint density at radius 2 is 1.96 bits per heavy atom. The van der Waals surface area contributed by atoms with Gasteiger partial charge in [-0.25, -0.2) is 4.98 Å². The number of hydrogen-bond acceptors (Lipinski definition) is 4. The van der Waals surface area contributed by atoms with E-state index in [1.54, 1.807) is 25.3 Å². The SMILES string of the molecule is COc1cc(C(=O)NCCn2c(C)nc3ccccc32)ccc1OCC(C)C. The van der Waals surface area contributed by atoms with Gasteiger partial charge in [-0.05, 0) is 43.2 Å². The molecule has 0 saturated heterocycles. The molecule has 0 aliphatic carbocycles. The van der Waals surface area contributed by atoms with Crippen LogP contribution in [-0.4, -0.2) is 35.7 Å². The first-order valence-corrected chi connectivity index (χ1v) is 9.50. The van der Waals surface area contributed by atoms with Crippen LogP contribution in [0.5, 0.6) is 11.5 Å². The lowest BCUT2D eigenvalue weighted by atomic mass is 10.2. The van der Waals surface area contributed by atoms with Crippen molar-refractivity contribution in [3.63, 3.8) is 0 Å². The summed E-state index contributed by atoms with van der Waals surface area (Å²) in [7, 11) is 1.58. The molecule has 28 heavy (non-hydrogen) atoms. The third-order valence-electron chi connectivity index (χ3n) is 4.46. The Bertz CT molecular complexity index is 963. The van der Waals surface area contributed by atoms with E-state index < -0.39 is 0 Å². The summed E-state index contributed by atoms with van der Waals surface area (Å²) in [6.45, 7) is 7.90. The maximum absolute atomic E-state index is 12.5. The van der Waals surface area contributed by atoms with Gasteiger partial charge < -0.3 is 19.4 Å². The average molecular weight is 381 g/mol. The molecule has 3 rings (SSSR count). The number of imidazole rings is 1. The van der Waals surface area contributed by atoms with Gasteiger partial charge in [0.25, 0.3) is 5.91 Å². The number of benzene rings is 2. The van der Waals surface area contributed by atoms with Crippen molar-refractivity contribution in [2.24, 2.45) is 5.92 Å². The van der Waals surface area contributed by atoms with Crippen molar-refractivity contribution < 1.29 is 14.3 Å². The number of carbonyl (C=O) groups excluding carboxylic acids is 1. The second-order valence-electron chi connectivity index (χ2n) is 7.13. The lowest BCUT2D eigenvalue weighted by molar-refractivity contribution is 0.0952. The Hall–Kier alpha value is -3.02. The number of hydrogen-bond donors (Lipinski definition) is 1. The summed E-state index contributed by atoms with van der Waals surface area (Å²) in [5.74, 6) is 2.41. The van der Waals surface area contributed by atoms with Gasteiger partial charge in [0.15, 0.2) is 11.5 Å². The Morgan fingerprint density at radius 1 is 1.18 bits per heavy atom. The molecule has 0 bridgehead atoms. The molecule has 1 aromatic heterocycles. The van der Waals surface area contributed by atoms with Crippen LogP contribution in [0.2, 0.25) is 0 Å². The van der Waals surface area contributed by atoms with Gasteiger partial charge in [-0.2, -0.15) is 0 Å². The van der Waals surface area contributed by atoms with Crippen molar-refractivity contribution in [3.8, 4) is 11.5 Å². The number of nitrogens with zero attached hydrogens (tertiary/aromatic N) is 2. The monoisotopic (exact) mass is 381 g/mol. The van der Waals surface area contributed by atoms with Gasteiger partial charge in [0, 0.05) is 18.7 Å². The Labute approximate surface area is 165 Å². The minimum Gasteiger partial charge on any atom is -0.493 e. The maximum atomic E-state index is 12.5. The molecule has 0 unspecified atom stereocenters. The van der Waals surface area contributed by atoms with Crippen molar-refractivity contribution in [2.75, 3.05) is 20.3 Å².